The average molecular weight is 278 g/mol. The highest BCUT2D eigenvalue weighted by atomic mass is 16.5. The Morgan fingerprint density at radius 2 is 2.20 bits per heavy atom. The van der Waals surface area contributed by atoms with E-state index in [1.807, 2.05) is 6.92 Å². The summed E-state index contributed by atoms with van der Waals surface area (Å²) in [6.07, 6.45) is -0.0907. The molecule has 2 N–H and O–H groups in total. The molecule has 0 fully saturated rings. The number of carboxylic acids is 1. The molecule has 2 amide bonds. The second-order valence-electron chi connectivity index (χ2n) is 4.79. The van der Waals surface area contributed by atoms with E-state index in [1.54, 1.807) is 31.4 Å². The molecule has 6 heteroatoms. The Hall–Kier alpha value is -2.08. The summed E-state index contributed by atoms with van der Waals surface area (Å²) in [5.74, 6) is -1.59. The number of fused-ring (bicyclic) bond motifs is 1. The average Bonchev–Trinajstić information content (AvgIpc) is 2.84. The molecule has 2 atom stereocenters. The molecule has 0 aromatic heterocycles. The second kappa shape index (κ2) is 5.92. The number of nitrogens with one attached hydrogen (secondary N) is 1. The Balaban J connectivity index is 2.14. The molecule has 0 bridgehead atoms. The van der Waals surface area contributed by atoms with Crippen LogP contribution in [-0.2, 0) is 9.53 Å². The molecule has 1 aromatic rings. The predicted octanol–water partition coefficient (Wildman–Crippen LogP) is 1.42. The van der Waals surface area contributed by atoms with Crippen LogP contribution in [0, 0.1) is 0 Å². The molecule has 1 aliphatic heterocycles. The smallest absolute Gasteiger partial charge is 0.322 e. The fraction of sp³-hybridized carbons (Fsp3) is 0.429. The van der Waals surface area contributed by atoms with Crippen molar-refractivity contribution in [3.63, 3.8) is 0 Å². The molecule has 1 heterocycles. The van der Waals surface area contributed by atoms with Crippen molar-refractivity contribution in [2.24, 2.45) is 0 Å². The highest BCUT2D eigenvalue weighted by Crippen LogP contribution is 2.36. The number of nitrogens with zero attached hydrogens (tertiary/aromatic N) is 1. The minimum atomic E-state index is -0.919. The number of carbonyl (C=O) groups is 2. The number of hydrogen-bond donors (Lipinski definition) is 2. The fourth-order valence-electron chi connectivity index (χ4n) is 2.22. The van der Waals surface area contributed by atoms with Crippen molar-refractivity contribution < 1.29 is 19.4 Å². The first-order valence-corrected chi connectivity index (χ1v) is 6.44. The van der Waals surface area contributed by atoms with Crippen LogP contribution in [0.1, 0.15) is 18.4 Å². The standard InChI is InChI=1S/C14H18N2O4/c1-9(20-2)7-15-14(19)16-8-11(13(17)18)10-5-3-4-6-12(10)16/h3-6,9,11H,7-8H2,1-2H3,(H,15,19)(H,17,18). The molecule has 20 heavy (non-hydrogen) atoms. The Kier molecular flexibility index (Phi) is 4.24. The van der Waals surface area contributed by atoms with Crippen LogP contribution in [0.5, 0.6) is 0 Å². The van der Waals surface area contributed by atoms with E-state index < -0.39 is 11.9 Å². The van der Waals surface area contributed by atoms with Gasteiger partial charge in [-0.05, 0) is 18.6 Å². The van der Waals surface area contributed by atoms with E-state index in [9.17, 15) is 14.7 Å². The Bertz CT molecular complexity index is 518. The van der Waals surface area contributed by atoms with E-state index in [0.29, 0.717) is 17.8 Å². The van der Waals surface area contributed by atoms with Gasteiger partial charge in [0.05, 0.1) is 6.10 Å². The molecular formula is C14H18N2O4. The summed E-state index contributed by atoms with van der Waals surface area (Å²) in [6, 6.07) is 6.78. The van der Waals surface area contributed by atoms with Crippen LogP contribution >= 0.6 is 0 Å². The van der Waals surface area contributed by atoms with Gasteiger partial charge in [0.15, 0.2) is 0 Å². The van der Waals surface area contributed by atoms with Crippen molar-refractivity contribution in [3.8, 4) is 0 Å². The molecule has 0 saturated carbocycles. The van der Waals surface area contributed by atoms with Gasteiger partial charge < -0.3 is 15.2 Å². The summed E-state index contributed by atoms with van der Waals surface area (Å²) in [6.45, 7) is 2.38. The maximum Gasteiger partial charge on any atom is 0.322 e. The lowest BCUT2D eigenvalue weighted by atomic mass is 10.0. The Morgan fingerprint density at radius 1 is 1.50 bits per heavy atom. The number of urea groups is 1. The number of amides is 2. The molecule has 2 rings (SSSR count). The minimum absolute atomic E-state index is 0.0907. The van der Waals surface area contributed by atoms with Gasteiger partial charge in [-0.15, -0.1) is 0 Å². The summed E-state index contributed by atoms with van der Waals surface area (Å²) in [5.41, 5.74) is 1.33. The van der Waals surface area contributed by atoms with Gasteiger partial charge in [0.2, 0.25) is 0 Å². The third-order valence-electron chi connectivity index (χ3n) is 3.45. The van der Waals surface area contributed by atoms with Crippen molar-refractivity contribution >= 4 is 17.7 Å². The number of carboxylic acid groups (broad SMARTS) is 1. The van der Waals surface area contributed by atoms with E-state index in [2.05, 4.69) is 5.32 Å². The van der Waals surface area contributed by atoms with Crippen LogP contribution in [0.3, 0.4) is 0 Å². The quantitative estimate of drug-likeness (QED) is 0.873. The second-order valence-corrected chi connectivity index (χ2v) is 4.79. The first-order valence-electron chi connectivity index (χ1n) is 6.44. The van der Waals surface area contributed by atoms with Crippen molar-refractivity contribution in [3.05, 3.63) is 29.8 Å². The minimum Gasteiger partial charge on any atom is -0.481 e. The van der Waals surface area contributed by atoms with E-state index in [0.717, 1.165) is 0 Å². The van der Waals surface area contributed by atoms with E-state index >= 15 is 0 Å². The molecule has 6 nitrogen and oxygen atoms in total. The van der Waals surface area contributed by atoms with Crippen molar-refractivity contribution in [2.75, 3.05) is 25.1 Å². The van der Waals surface area contributed by atoms with Gasteiger partial charge in [0.1, 0.15) is 5.92 Å². The van der Waals surface area contributed by atoms with Gasteiger partial charge in [-0.25, -0.2) is 4.79 Å². The van der Waals surface area contributed by atoms with E-state index in [4.69, 9.17) is 4.74 Å². The zero-order chi connectivity index (χ0) is 14.7. The van der Waals surface area contributed by atoms with Gasteiger partial charge in [0.25, 0.3) is 0 Å². The number of aliphatic carboxylic acids is 1. The molecule has 1 aromatic carbocycles. The van der Waals surface area contributed by atoms with Gasteiger partial charge in [-0.2, -0.15) is 0 Å². The van der Waals surface area contributed by atoms with Crippen LogP contribution < -0.4 is 10.2 Å². The lowest BCUT2D eigenvalue weighted by molar-refractivity contribution is -0.138. The first kappa shape index (κ1) is 14.3. The third-order valence-corrected chi connectivity index (χ3v) is 3.45. The summed E-state index contributed by atoms with van der Waals surface area (Å²) >= 11 is 0. The molecule has 0 aliphatic carbocycles. The molecule has 1 aliphatic rings. The van der Waals surface area contributed by atoms with Crippen LogP contribution in [0.4, 0.5) is 10.5 Å². The van der Waals surface area contributed by atoms with Crippen molar-refractivity contribution in [1.29, 1.82) is 0 Å². The van der Waals surface area contributed by atoms with Crippen molar-refractivity contribution in [1.82, 2.24) is 5.32 Å². The molecule has 2 unspecified atom stereocenters. The summed E-state index contributed by atoms with van der Waals surface area (Å²) in [7, 11) is 1.57. The topological polar surface area (TPSA) is 78.9 Å². The summed E-state index contributed by atoms with van der Waals surface area (Å²) in [5, 5.41) is 12.0. The summed E-state index contributed by atoms with van der Waals surface area (Å²) in [4.78, 5) is 24.9. The zero-order valence-corrected chi connectivity index (χ0v) is 11.5. The predicted molar refractivity (Wildman–Crippen MR) is 74.0 cm³/mol. The van der Waals surface area contributed by atoms with Crippen LogP contribution in [0.15, 0.2) is 24.3 Å². The molecule has 0 spiro atoms. The van der Waals surface area contributed by atoms with Crippen LogP contribution in [0.2, 0.25) is 0 Å². The number of benzene rings is 1. The highest BCUT2D eigenvalue weighted by molar-refractivity contribution is 5.98. The van der Waals surface area contributed by atoms with Gasteiger partial charge in [-0.3, -0.25) is 9.69 Å². The number of carbonyl (C=O) groups excluding carboxylic acids is 1. The SMILES string of the molecule is COC(C)CNC(=O)N1CC(C(=O)O)c2ccccc21. The highest BCUT2D eigenvalue weighted by Gasteiger charge is 2.36. The number of anilines is 1. The molecule has 0 radical (unpaired) electrons. The largest absolute Gasteiger partial charge is 0.481 e. The zero-order valence-electron chi connectivity index (χ0n) is 11.5. The number of hydrogen-bond acceptors (Lipinski definition) is 3. The number of rotatable bonds is 4. The number of para-hydroxylation sites is 1. The van der Waals surface area contributed by atoms with Gasteiger partial charge >= 0.3 is 12.0 Å². The summed E-state index contributed by atoms with van der Waals surface area (Å²) < 4.78 is 5.06. The molecular weight excluding hydrogens is 260 g/mol. The van der Waals surface area contributed by atoms with Gasteiger partial charge in [0, 0.05) is 25.9 Å². The monoisotopic (exact) mass is 278 g/mol. The number of methoxy groups -OCH3 is 1. The Labute approximate surface area is 117 Å². The molecule has 0 saturated heterocycles. The van der Waals surface area contributed by atoms with Crippen LogP contribution in [0.25, 0.3) is 0 Å². The van der Waals surface area contributed by atoms with E-state index in [1.165, 1.54) is 4.90 Å². The normalized spacial score (nSPS) is 18.5. The lowest BCUT2D eigenvalue weighted by Crippen LogP contribution is -2.42. The third kappa shape index (κ3) is 2.75. The van der Waals surface area contributed by atoms with Gasteiger partial charge in [-0.1, -0.05) is 18.2 Å². The lowest BCUT2D eigenvalue weighted by Gasteiger charge is -2.19. The van der Waals surface area contributed by atoms with Crippen LogP contribution in [-0.4, -0.2) is 43.4 Å². The maximum atomic E-state index is 12.2. The fourth-order valence-corrected chi connectivity index (χ4v) is 2.22. The molecule has 108 valence electrons. The van der Waals surface area contributed by atoms with E-state index in [-0.39, 0.29) is 18.7 Å². The number of ether oxygens (including phenoxy) is 1. The Morgan fingerprint density at radius 3 is 2.85 bits per heavy atom. The first-order chi connectivity index (χ1) is 9.54. The van der Waals surface area contributed by atoms with Crippen molar-refractivity contribution in [2.45, 2.75) is 18.9 Å². The maximum absolute atomic E-state index is 12.2.